The minimum Gasteiger partial charge on any atom is -0.360 e. The molecule has 0 radical (unpaired) electrons. The quantitative estimate of drug-likeness (QED) is 0.615. The van der Waals surface area contributed by atoms with Crippen molar-refractivity contribution < 1.29 is 9.82 Å². The number of nitro groups is 1. The van der Waals surface area contributed by atoms with Gasteiger partial charge in [-0.05, 0) is 43.3 Å². The van der Waals surface area contributed by atoms with Crippen LogP contribution in [0.15, 0.2) is 24.3 Å². The summed E-state index contributed by atoms with van der Waals surface area (Å²) in [5, 5.41) is 23.4. The van der Waals surface area contributed by atoms with Crippen molar-refractivity contribution in [2.24, 2.45) is 5.92 Å². The molecule has 0 saturated carbocycles. The number of aromatic nitrogens is 4. The first-order valence-corrected chi connectivity index (χ1v) is 9.81. The topological polar surface area (TPSA) is 94.4 Å². The first-order valence-electron chi connectivity index (χ1n) is 9.81. The van der Waals surface area contributed by atoms with Crippen LogP contribution in [0.25, 0.3) is 0 Å². The molecule has 1 fully saturated rings. The van der Waals surface area contributed by atoms with Crippen molar-refractivity contribution in [2.45, 2.75) is 46.2 Å². The summed E-state index contributed by atoms with van der Waals surface area (Å²) in [6.07, 6.45) is 0. The van der Waals surface area contributed by atoms with Crippen LogP contribution in [0.3, 0.4) is 0 Å². The Hall–Kier alpha value is -2.55. The second-order valence-corrected chi connectivity index (χ2v) is 8.76. The van der Waals surface area contributed by atoms with Crippen molar-refractivity contribution in [3.8, 4) is 0 Å². The zero-order chi connectivity index (χ0) is 20.5. The molecule has 1 aliphatic heterocycles. The average molecular weight is 388 g/mol. The van der Waals surface area contributed by atoms with Crippen LogP contribution >= 0.6 is 0 Å². The fourth-order valence-electron chi connectivity index (χ4n) is 3.97. The fraction of sp³-hybridized carbons (Fsp3) is 0.632. The van der Waals surface area contributed by atoms with Gasteiger partial charge in [-0.2, -0.15) is 0 Å². The number of nitro benzene ring substituents is 1. The van der Waals surface area contributed by atoms with Gasteiger partial charge in [0.2, 0.25) is 5.82 Å². The van der Waals surface area contributed by atoms with Crippen LogP contribution < -0.4 is 9.80 Å². The summed E-state index contributed by atoms with van der Waals surface area (Å²) in [5.74, 6) is 1.36. The Kier molecular flexibility index (Phi) is 5.64. The third-order valence-electron chi connectivity index (χ3n) is 5.35. The normalized spacial score (nSPS) is 17.1. The number of piperazine rings is 1. The van der Waals surface area contributed by atoms with Crippen LogP contribution in [-0.2, 0) is 5.54 Å². The van der Waals surface area contributed by atoms with Gasteiger partial charge < -0.3 is 9.80 Å². The van der Waals surface area contributed by atoms with E-state index in [2.05, 4.69) is 55.0 Å². The summed E-state index contributed by atoms with van der Waals surface area (Å²) in [5.41, 5.74) is 0.999. The highest BCUT2D eigenvalue weighted by Crippen LogP contribution is 2.23. The largest absolute Gasteiger partial charge is 0.360 e. The van der Waals surface area contributed by atoms with E-state index in [0.29, 0.717) is 5.92 Å². The molecule has 3 rings (SSSR count). The molecule has 0 spiro atoms. The number of nitrogens with zero attached hydrogens (tertiary/aromatic N) is 6. The zero-order valence-corrected chi connectivity index (χ0v) is 17.3. The van der Waals surface area contributed by atoms with Crippen LogP contribution in [0.5, 0.6) is 0 Å². The van der Waals surface area contributed by atoms with E-state index < -0.39 is 0 Å². The maximum absolute atomic E-state index is 10.9. The summed E-state index contributed by atoms with van der Waals surface area (Å²) in [7, 11) is 0. The third kappa shape index (κ3) is 4.14. The van der Waals surface area contributed by atoms with Gasteiger partial charge in [-0.3, -0.25) is 10.1 Å². The minimum absolute atomic E-state index is 0.127. The molecule has 9 nitrogen and oxygen atoms in total. The van der Waals surface area contributed by atoms with Gasteiger partial charge in [0.1, 0.15) is 0 Å². The summed E-state index contributed by atoms with van der Waals surface area (Å²) >= 11 is 0. The lowest BCUT2D eigenvalue weighted by molar-refractivity contribution is -0.937. The number of quaternary nitrogens is 1. The fourth-order valence-corrected chi connectivity index (χ4v) is 3.97. The molecular weight excluding hydrogens is 358 g/mol. The molecule has 2 heterocycles. The van der Waals surface area contributed by atoms with Gasteiger partial charge in [-0.1, -0.05) is 13.8 Å². The molecule has 1 aliphatic rings. The van der Waals surface area contributed by atoms with Crippen molar-refractivity contribution >= 4 is 11.4 Å². The predicted molar refractivity (Wildman–Crippen MR) is 106 cm³/mol. The molecule has 9 heteroatoms. The van der Waals surface area contributed by atoms with E-state index in [9.17, 15) is 10.1 Å². The first kappa shape index (κ1) is 20.2. The van der Waals surface area contributed by atoms with Crippen LogP contribution in [0.4, 0.5) is 11.4 Å². The summed E-state index contributed by atoms with van der Waals surface area (Å²) < 4.78 is 1.95. The van der Waals surface area contributed by atoms with Gasteiger partial charge in [0.25, 0.3) is 5.69 Å². The van der Waals surface area contributed by atoms with Crippen LogP contribution in [-0.4, -0.2) is 51.3 Å². The molecule has 0 unspecified atom stereocenters. The number of benzene rings is 1. The molecule has 1 aromatic carbocycles. The molecular formula is C19H30N7O2+. The predicted octanol–water partition coefficient (Wildman–Crippen LogP) is 1.44. The van der Waals surface area contributed by atoms with E-state index in [-0.39, 0.29) is 22.2 Å². The Balaban J connectivity index is 1.73. The molecule has 152 valence electrons. The smallest absolute Gasteiger partial charge is 0.269 e. The minimum atomic E-state index is -0.363. The maximum Gasteiger partial charge on any atom is 0.269 e. The van der Waals surface area contributed by atoms with E-state index in [1.54, 1.807) is 12.1 Å². The van der Waals surface area contributed by atoms with E-state index in [4.69, 9.17) is 0 Å². The van der Waals surface area contributed by atoms with E-state index in [1.807, 2.05) is 16.8 Å². The molecule has 0 amide bonds. The van der Waals surface area contributed by atoms with Crippen molar-refractivity contribution in [3.05, 3.63) is 40.2 Å². The SMILES string of the molecule is CC(C)[C@@H](c1nnnn1C(C)(C)C)[NH+]1CCN(c2ccc([N+](=O)[O-])cc2)CC1. The molecule has 1 atom stereocenters. The molecule has 2 aromatic rings. The van der Waals surface area contributed by atoms with E-state index in [0.717, 1.165) is 37.7 Å². The molecule has 28 heavy (non-hydrogen) atoms. The Morgan fingerprint density at radius 3 is 2.25 bits per heavy atom. The average Bonchev–Trinajstić information content (AvgIpc) is 3.12. The van der Waals surface area contributed by atoms with Gasteiger partial charge in [0, 0.05) is 23.7 Å². The van der Waals surface area contributed by atoms with Crippen LogP contribution in [0.2, 0.25) is 0 Å². The van der Waals surface area contributed by atoms with Crippen LogP contribution in [0.1, 0.15) is 46.5 Å². The zero-order valence-electron chi connectivity index (χ0n) is 17.3. The summed E-state index contributed by atoms with van der Waals surface area (Å²) in [6.45, 7) is 14.5. The molecule has 0 aliphatic carbocycles. The van der Waals surface area contributed by atoms with Crippen molar-refractivity contribution in [1.82, 2.24) is 20.2 Å². The molecule has 1 N–H and O–H groups in total. The number of rotatable bonds is 5. The van der Waals surface area contributed by atoms with Gasteiger partial charge in [0.05, 0.1) is 36.6 Å². The van der Waals surface area contributed by atoms with Crippen molar-refractivity contribution in [1.29, 1.82) is 0 Å². The Labute approximate surface area is 165 Å². The number of tetrazole rings is 1. The van der Waals surface area contributed by atoms with Gasteiger partial charge in [-0.15, -0.1) is 5.10 Å². The highest BCUT2D eigenvalue weighted by molar-refractivity contribution is 5.51. The lowest BCUT2D eigenvalue weighted by Crippen LogP contribution is -3.15. The highest BCUT2D eigenvalue weighted by atomic mass is 16.6. The lowest BCUT2D eigenvalue weighted by Gasteiger charge is -2.39. The van der Waals surface area contributed by atoms with E-state index in [1.165, 1.54) is 4.90 Å². The Bertz CT molecular complexity index is 802. The highest BCUT2D eigenvalue weighted by Gasteiger charge is 2.37. The Morgan fingerprint density at radius 2 is 1.75 bits per heavy atom. The Morgan fingerprint density at radius 1 is 1.14 bits per heavy atom. The number of hydrogen-bond donors (Lipinski definition) is 1. The monoisotopic (exact) mass is 388 g/mol. The number of nitrogens with one attached hydrogen (secondary N) is 1. The second-order valence-electron chi connectivity index (χ2n) is 8.76. The molecule has 0 bridgehead atoms. The van der Waals surface area contributed by atoms with Crippen molar-refractivity contribution in [3.63, 3.8) is 0 Å². The summed E-state index contributed by atoms with van der Waals surface area (Å²) in [4.78, 5) is 14.3. The lowest BCUT2D eigenvalue weighted by atomic mass is 9.99. The number of hydrogen-bond acceptors (Lipinski definition) is 6. The first-order chi connectivity index (χ1) is 13.2. The standard InChI is InChI=1S/C19H29N7O2/c1-14(2)17(18-20-21-22-25(18)19(3,4)5)24-12-10-23(11-13-24)15-6-8-16(9-7-15)26(27)28/h6-9,14,17H,10-13H2,1-5H3/p+1/t17-/m0/s1. The summed E-state index contributed by atoms with van der Waals surface area (Å²) in [6, 6.07) is 7.05. The second kappa shape index (κ2) is 7.83. The van der Waals surface area contributed by atoms with Gasteiger partial charge >= 0.3 is 0 Å². The van der Waals surface area contributed by atoms with Crippen molar-refractivity contribution in [2.75, 3.05) is 31.1 Å². The van der Waals surface area contributed by atoms with Gasteiger partial charge in [0.15, 0.2) is 6.04 Å². The van der Waals surface area contributed by atoms with E-state index >= 15 is 0 Å². The van der Waals surface area contributed by atoms with Gasteiger partial charge in [-0.25, -0.2) is 4.68 Å². The molecule has 1 saturated heterocycles. The molecule has 1 aromatic heterocycles. The number of non-ortho nitro benzene ring substituents is 1. The third-order valence-corrected chi connectivity index (χ3v) is 5.35. The maximum atomic E-state index is 10.9. The van der Waals surface area contributed by atoms with Crippen LogP contribution in [0, 0.1) is 16.0 Å². The number of anilines is 1.